The van der Waals surface area contributed by atoms with Crippen LogP contribution in [0.5, 0.6) is 0 Å². The fourth-order valence-electron chi connectivity index (χ4n) is 3.19. The predicted octanol–water partition coefficient (Wildman–Crippen LogP) is 4.59. The summed E-state index contributed by atoms with van der Waals surface area (Å²) in [5.74, 6) is -1.26. The third kappa shape index (κ3) is 5.65. The van der Waals surface area contributed by atoms with Gasteiger partial charge in [0.25, 0.3) is 0 Å². The summed E-state index contributed by atoms with van der Waals surface area (Å²) in [5.41, 5.74) is 0.914. The summed E-state index contributed by atoms with van der Waals surface area (Å²) in [6, 6.07) is 13.7. The lowest BCUT2D eigenvalue weighted by Crippen LogP contribution is -2.30. The van der Waals surface area contributed by atoms with Gasteiger partial charge in [-0.15, -0.1) is 0 Å². The molecule has 1 heterocycles. The van der Waals surface area contributed by atoms with Crippen molar-refractivity contribution in [3.05, 3.63) is 72.3 Å². The number of oxazole rings is 1. The molecule has 1 amide bonds. The van der Waals surface area contributed by atoms with Gasteiger partial charge in [0.15, 0.2) is 11.7 Å². The average Bonchev–Trinajstić information content (AvgIpc) is 3.21. The molecule has 0 radical (unpaired) electrons. The van der Waals surface area contributed by atoms with E-state index in [1.165, 1.54) is 12.3 Å². The monoisotopic (exact) mass is 413 g/mol. The molecule has 0 saturated heterocycles. The van der Waals surface area contributed by atoms with E-state index >= 15 is 0 Å². The van der Waals surface area contributed by atoms with E-state index in [1.54, 1.807) is 0 Å². The molecular weight excluding hydrogens is 388 g/mol. The number of aromatic nitrogens is 1. The van der Waals surface area contributed by atoms with Gasteiger partial charge in [0.05, 0.1) is 11.8 Å². The van der Waals surface area contributed by atoms with Crippen LogP contribution in [-0.2, 0) is 11.2 Å². The number of halogens is 2. The maximum absolute atomic E-state index is 13.8. The van der Waals surface area contributed by atoms with Crippen LogP contribution < -0.4 is 10.2 Å². The maximum atomic E-state index is 13.8. The molecule has 0 aliphatic rings. The molecule has 0 atom stereocenters. The number of carbonyl (C=O) groups excluding carboxylic acids is 1. The Morgan fingerprint density at radius 3 is 2.53 bits per heavy atom. The predicted molar refractivity (Wildman–Crippen MR) is 112 cm³/mol. The summed E-state index contributed by atoms with van der Waals surface area (Å²) < 4.78 is 33.1. The largest absolute Gasteiger partial charge is 0.441 e. The van der Waals surface area contributed by atoms with Crippen LogP contribution in [0.25, 0.3) is 11.3 Å². The zero-order valence-corrected chi connectivity index (χ0v) is 16.9. The zero-order chi connectivity index (χ0) is 21.3. The Labute approximate surface area is 174 Å². The number of nitrogens with zero attached hydrogens (tertiary/aromatic N) is 2. The highest BCUT2D eigenvalue weighted by molar-refractivity contribution is 5.76. The smallest absolute Gasteiger partial charge is 0.220 e. The molecule has 0 aliphatic heterocycles. The Balaban J connectivity index is 1.42. The number of amides is 1. The molecule has 30 heavy (non-hydrogen) atoms. The Kier molecular flexibility index (Phi) is 7.54. The molecule has 0 unspecified atom stereocenters. The van der Waals surface area contributed by atoms with Crippen LogP contribution in [0.3, 0.4) is 0 Å². The maximum Gasteiger partial charge on any atom is 0.220 e. The van der Waals surface area contributed by atoms with Gasteiger partial charge in [-0.05, 0) is 37.6 Å². The van der Waals surface area contributed by atoms with Crippen molar-refractivity contribution in [1.29, 1.82) is 0 Å². The molecule has 1 aromatic heterocycles. The molecule has 1 N–H and O–H groups in total. The lowest BCUT2D eigenvalue weighted by molar-refractivity contribution is -0.121. The molecule has 0 bridgehead atoms. The second-order valence-electron chi connectivity index (χ2n) is 6.83. The van der Waals surface area contributed by atoms with Gasteiger partial charge in [-0.3, -0.25) is 4.79 Å². The van der Waals surface area contributed by atoms with Gasteiger partial charge in [0, 0.05) is 38.2 Å². The molecule has 2 aromatic carbocycles. The number of anilines is 1. The lowest BCUT2D eigenvalue weighted by atomic mass is 10.1. The van der Waals surface area contributed by atoms with Crippen molar-refractivity contribution in [3.63, 3.8) is 0 Å². The van der Waals surface area contributed by atoms with E-state index < -0.39 is 11.6 Å². The van der Waals surface area contributed by atoms with Crippen LogP contribution in [0.15, 0.2) is 59.1 Å². The summed E-state index contributed by atoms with van der Waals surface area (Å²) in [6.45, 7) is 4.41. The molecular formula is C23H25F2N3O2. The molecule has 0 spiro atoms. The van der Waals surface area contributed by atoms with Crippen molar-refractivity contribution >= 4 is 11.6 Å². The van der Waals surface area contributed by atoms with Crippen LogP contribution in [0, 0.1) is 11.6 Å². The first-order valence-corrected chi connectivity index (χ1v) is 10.0. The quantitative estimate of drug-likeness (QED) is 0.494. The molecule has 3 aromatic rings. The normalized spacial score (nSPS) is 10.8. The van der Waals surface area contributed by atoms with Crippen molar-refractivity contribution in [1.82, 2.24) is 10.3 Å². The molecule has 5 nitrogen and oxygen atoms in total. The number of para-hydroxylation sites is 1. The van der Waals surface area contributed by atoms with Crippen LogP contribution >= 0.6 is 0 Å². The average molecular weight is 413 g/mol. The van der Waals surface area contributed by atoms with E-state index in [1.807, 2.05) is 18.2 Å². The number of nitrogens with one attached hydrogen (secondary N) is 1. The molecule has 0 fully saturated rings. The third-order valence-electron chi connectivity index (χ3n) is 4.76. The standard InChI is InChI=1S/C23H25F2N3O2/c1-2-28(17-8-4-3-5-9-17)15-7-14-26-21(29)12-13-22-27-16-20(30-22)23-18(24)10-6-11-19(23)25/h3-6,8-11,16H,2,7,12-15H2,1H3,(H,26,29). The van der Waals surface area contributed by atoms with Gasteiger partial charge in [-0.25, -0.2) is 13.8 Å². The van der Waals surface area contributed by atoms with Gasteiger partial charge < -0.3 is 14.6 Å². The third-order valence-corrected chi connectivity index (χ3v) is 4.76. The first-order valence-electron chi connectivity index (χ1n) is 10.0. The van der Waals surface area contributed by atoms with Gasteiger partial charge >= 0.3 is 0 Å². The molecule has 3 rings (SSSR count). The second kappa shape index (κ2) is 10.5. The molecule has 7 heteroatoms. The zero-order valence-electron chi connectivity index (χ0n) is 16.9. The minimum absolute atomic E-state index is 0.0153. The summed E-state index contributed by atoms with van der Waals surface area (Å²) in [4.78, 5) is 18.3. The number of benzene rings is 2. The summed E-state index contributed by atoms with van der Waals surface area (Å²) in [6.07, 6.45) is 2.55. The van der Waals surface area contributed by atoms with E-state index in [4.69, 9.17) is 4.42 Å². The minimum atomic E-state index is -0.716. The Morgan fingerprint density at radius 2 is 1.83 bits per heavy atom. The first kappa shape index (κ1) is 21.5. The Hall–Kier alpha value is -3.22. The van der Waals surface area contributed by atoms with E-state index in [2.05, 4.69) is 34.3 Å². The highest BCUT2D eigenvalue weighted by atomic mass is 19.1. The Bertz CT molecular complexity index is 940. The van der Waals surface area contributed by atoms with E-state index in [-0.39, 0.29) is 36.0 Å². The number of aryl methyl sites for hydroxylation is 1. The fourth-order valence-corrected chi connectivity index (χ4v) is 3.19. The van der Waals surface area contributed by atoms with E-state index in [0.29, 0.717) is 6.54 Å². The lowest BCUT2D eigenvalue weighted by Gasteiger charge is -2.23. The number of carbonyl (C=O) groups is 1. The van der Waals surface area contributed by atoms with Crippen LogP contribution in [0.1, 0.15) is 25.7 Å². The number of rotatable bonds is 10. The van der Waals surface area contributed by atoms with Crippen LogP contribution in [0.4, 0.5) is 14.5 Å². The topological polar surface area (TPSA) is 58.4 Å². The van der Waals surface area contributed by atoms with Crippen molar-refractivity contribution in [2.45, 2.75) is 26.2 Å². The Morgan fingerprint density at radius 1 is 1.10 bits per heavy atom. The SMILES string of the molecule is CCN(CCCNC(=O)CCc1ncc(-c2c(F)cccc2F)o1)c1ccccc1. The van der Waals surface area contributed by atoms with Gasteiger partial charge in [-0.1, -0.05) is 24.3 Å². The van der Waals surface area contributed by atoms with Gasteiger partial charge in [0.1, 0.15) is 11.6 Å². The van der Waals surface area contributed by atoms with Gasteiger partial charge in [0.2, 0.25) is 5.91 Å². The first-order chi connectivity index (χ1) is 14.6. The van der Waals surface area contributed by atoms with Crippen molar-refractivity contribution in [2.75, 3.05) is 24.5 Å². The fraction of sp³-hybridized carbons (Fsp3) is 0.304. The summed E-state index contributed by atoms with van der Waals surface area (Å²) in [7, 11) is 0. The van der Waals surface area contributed by atoms with Gasteiger partial charge in [-0.2, -0.15) is 0 Å². The van der Waals surface area contributed by atoms with Crippen LogP contribution in [0.2, 0.25) is 0 Å². The molecule has 158 valence electrons. The molecule has 0 aliphatic carbocycles. The van der Waals surface area contributed by atoms with E-state index in [0.717, 1.165) is 37.3 Å². The van der Waals surface area contributed by atoms with Crippen molar-refractivity contribution in [3.8, 4) is 11.3 Å². The number of hydrogen-bond donors (Lipinski definition) is 1. The molecule has 0 saturated carbocycles. The summed E-state index contributed by atoms with van der Waals surface area (Å²) >= 11 is 0. The highest BCUT2D eigenvalue weighted by Crippen LogP contribution is 2.26. The minimum Gasteiger partial charge on any atom is -0.441 e. The summed E-state index contributed by atoms with van der Waals surface area (Å²) in [5, 5.41) is 2.89. The van der Waals surface area contributed by atoms with E-state index in [9.17, 15) is 13.6 Å². The second-order valence-corrected chi connectivity index (χ2v) is 6.83. The number of hydrogen-bond acceptors (Lipinski definition) is 4. The highest BCUT2D eigenvalue weighted by Gasteiger charge is 2.16. The van der Waals surface area contributed by atoms with Crippen molar-refractivity contribution < 1.29 is 18.0 Å². The van der Waals surface area contributed by atoms with Crippen LogP contribution in [-0.4, -0.2) is 30.5 Å². The van der Waals surface area contributed by atoms with Crippen molar-refractivity contribution in [2.24, 2.45) is 0 Å².